The Morgan fingerprint density at radius 3 is 2.65 bits per heavy atom. The van der Waals surface area contributed by atoms with Crippen LogP contribution in [-0.4, -0.2) is 50.2 Å². The number of aromatic nitrogens is 4. The highest BCUT2D eigenvalue weighted by molar-refractivity contribution is 9.10. The monoisotopic (exact) mass is 556 g/mol. The molecule has 0 radical (unpaired) electrons. The Labute approximate surface area is 204 Å². The molecule has 0 saturated heterocycles. The van der Waals surface area contributed by atoms with Gasteiger partial charge in [-0.3, -0.25) is 5.10 Å². The quantitative estimate of drug-likeness (QED) is 0.269. The molecule has 0 amide bonds. The average molecular weight is 557 g/mol. The zero-order valence-corrected chi connectivity index (χ0v) is 20.1. The average Bonchev–Trinajstić information content (AvgIpc) is 3.40. The van der Waals surface area contributed by atoms with Crippen molar-refractivity contribution in [2.75, 3.05) is 11.9 Å². The van der Waals surface area contributed by atoms with E-state index >= 15 is 0 Å². The second kappa shape index (κ2) is 10.9. The predicted molar refractivity (Wildman–Crippen MR) is 128 cm³/mol. The predicted octanol–water partition coefficient (Wildman–Crippen LogP) is 4.77. The molecule has 0 fully saturated rings. The Bertz CT molecular complexity index is 1280. The van der Waals surface area contributed by atoms with Gasteiger partial charge in [-0.25, -0.2) is 4.79 Å². The summed E-state index contributed by atoms with van der Waals surface area (Å²) < 4.78 is 32.8. The second-order valence-electron chi connectivity index (χ2n) is 7.23. The van der Waals surface area contributed by atoms with E-state index in [0.717, 1.165) is 43.2 Å². The van der Waals surface area contributed by atoms with E-state index in [2.05, 4.69) is 53.8 Å². The van der Waals surface area contributed by atoms with E-state index in [9.17, 15) is 13.2 Å². The number of alkyl halides is 3. The van der Waals surface area contributed by atoms with Crippen molar-refractivity contribution in [3.8, 4) is 10.6 Å². The van der Waals surface area contributed by atoms with Crippen molar-refractivity contribution in [2.24, 2.45) is 5.73 Å². The topological polar surface area (TPSA) is 130 Å². The van der Waals surface area contributed by atoms with Gasteiger partial charge in [-0.2, -0.15) is 18.3 Å². The number of hydrogen-bond acceptors (Lipinski definition) is 7. The van der Waals surface area contributed by atoms with Crippen molar-refractivity contribution >= 4 is 49.3 Å². The first-order valence-corrected chi connectivity index (χ1v) is 11.5. The van der Waals surface area contributed by atoms with Crippen LogP contribution in [0.5, 0.6) is 0 Å². The smallest absolute Gasteiger partial charge is 0.475 e. The molecule has 0 saturated carbocycles. The van der Waals surface area contributed by atoms with Crippen LogP contribution in [0.15, 0.2) is 46.9 Å². The number of halogens is 4. The number of nitrogens with two attached hydrogens (primary N) is 1. The summed E-state index contributed by atoms with van der Waals surface area (Å²) >= 11 is 5.09. The number of anilines is 1. The van der Waals surface area contributed by atoms with Crippen LogP contribution < -0.4 is 11.1 Å². The third-order valence-corrected chi connectivity index (χ3v) is 6.32. The summed E-state index contributed by atoms with van der Waals surface area (Å²) in [6.07, 6.45) is -4.30. The molecule has 13 heteroatoms. The highest BCUT2D eigenvalue weighted by Crippen LogP contribution is 2.29. The van der Waals surface area contributed by atoms with Gasteiger partial charge < -0.3 is 16.2 Å². The van der Waals surface area contributed by atoms with Gasteiger partial charge in [0.05, 0.1) is 5.52 Å². The fourth-order valence-electron chi connectivity index (χ4n) is 2.92. The SMILES string of the molecule is Cc1[nH]nc2ccc(-c3nnc(NC[C@@H](N)Cc4ccccc4Br)s3)cc12.O=C(O)C(F)(F)F. The number of aromatic amines is 1. The number of nitrogens with one attached hydrogen (secondary N) is 2. The summed E-state index contributed by atoms with van der Waals surface area (Å²) in [4.78, 5) is 8.90. The molecule has 2 aromatic heterocycles. The first-order chi connectivity index (χ1) is 16.0. The van der Waals surface area contributed by atoms with Gasteiger partial charge in [-0.05, 0) is 43.2 Å². The minimum Gasteiger partial charge on any atom is -0.475 e. The molecule has 0 bridgehead atoms. The summed E-state index contributed by atoms with van der Waals surface area (Å²) in [5.41, 5.74) is 10.5. The van der Waals surface area contributed by atoms with Crippen molar-refractivity contribution in [3.63, 3.8) is 0 Å². The van der Waals surface area contributed by atoms with Crippen molar-refractivity contribution in [1.82, 2.24) is 20.4 Å². The summed E-state index contributed by atoms with van der Waals surface area (Å²) in [5, 5.41) is 29.0. The van der Waals surface area contributed by atoms with Crippen LogP contribution in [-0.2, 0) is 11.2 Å². The number of carbonyl (C=O) groups is 1. The molecule has 180 valence electrons. The van der Waals surface area contributed by atoms with Gasteiger partial charge >= 0.3 is 12.1 Å². The molecular weight excluding hydrogens is 537 g/mol. The van der Waals surface area contributed by atoms with Gasteiger partial charge in [0.25, 0.3) is 0 Å². The number of fused-ring (bicyclic) bond motifs is 1. The number of carboxylic acids is 1. The van der Waals surface area contributed by atoms with Gasteiger partial charge in [-0.1, -0.05) is 45.5 Å². The minimum atomic E-state index is -5.08. The van der Waals surface area contributed by atoms with Crippen LogP contribution in [0, 0.1) is 6.92 Å². The summed E-state index contributed by atoms with van der Waals surface area (Å²) in [6.45, 7) is 2.65. The minimum absolute atomic E-state index is 0.0130. The Hall–Kier alpha value is -3.03. The molecule has 34 heavy (non-hydrogen) atoms. The van der Waals surface area contributed by atoms with Crippen LogP contribution in [0.4, 0.5) is 18.3 Å². The Balaban J connectivity index is 0.000000406. The van der Waals surface area contributed by atoms with E-state index < -0.39 is 12.1 Å². The van der Waals surface area contributed by atoms with Gasteiger partial charge in [0.1, 0.15) is 5.01 Å². The lowest BCUT2D eigenvalue weighted by Crippen LogP contribution is -2.31. The maximum absolute atomic E-state index is 10.6. The fourth-order valence-corrected chi connectivity index (χ4v) is 4.11. The third-order valence-electron chi connectivity index (χ3n) is 4.61. The van der Waals surface area contributed by atoms with Crippen LogP contribution in [0.1, 0.15) is 11.3 Å². The van der Waals surface area contributed by atoms with E-state index in [4.69, 9.17) is 15.6 Å². The normalized spacial score (nSPS) is 12.2. The summed E-state index contributed by atoms with van der Waals surface area (Å²) in [7, 11) is 0. The molecule has 2 aromatic carbocycles. The molecule has 0 aliphatic carbocycles. The van der Waals surface area contributed by atoms with Crippen LogP contribution in [0.2, 0.25) is 0 Å². The summed E-state index contributed by atoms with van der Waals surface area (Å²) in [5.74, 6) is -2.76. The molecule has 2 heterocycles. The van der Waals surface area contributed by atoms with Crippen molar-refractivity contribution < 1.29 is 23.1 Å². The largest absolute Gasteiger partial charge is 0.490 e. The van der Waals surface area contributed by atoms with Crippen LogP contribution >= 0.6 is 27.3 Å². The molecule has 8 nitrogen and oxygen atoms in total. The van der Waals surface area contributed by atoms with E-state index in [1.165, 1.54) is 16.9 Å². The highest BCUT2D eigenvalue weighted by Gasteiger charge is 2.38. The molecule has 0 aliphatic rings. The number of rotatable bonds is 6. The zero-order chi connectivity index (χ0) is 24.9. The highest BCUT2D eigenvalue weighted by atomic mass is 79.9. The third kappa shape index (κ3) is 6.74. The number of nitrogens with zero attached hydrogens (tertiary/aromatic N) is 3. The molecule has 0 spiro atoms. The Kier molecular flexibility index (Phi) is 8.23. The van der Waals surface area contributed by atoms with Gasteiger partial charge in [-0.15, -0.1) is 10.2 Å². The van der Waals surface area contributed by atoms with Crippen LogP contribution in [0.25, 0.3) is 21.5 Å². The second-order valence-corrected chi connectivity index (χ2v) is 9.06. The van der Waals surface area contributed by atoms with E-state index in [1.54, 1.807) is 0 Å². The summed E-state index contributed by atoms with van der Waals surface area (Å²) in [6, 6.07) is 14.2. The molecule has 1 atom stereocenters. The number of hydrogen-bond donors (Lipinski definition) is 4. The van der Waals surface area contributed by atoms with E-state index in [-0.39, 0.29) is 6.04 Å². The molecule has 0 aliphatic heterocycles. The van der Waals surface area contributed by atoms with E-state index in [1.807, 2.05) is 37.3 Å². The molecule has 4 rings (SSSR count). The number of aryl methyl sites for hydroxylation is 1. The van der Waals surface area contributed by atoms with Crippen molar-refractivity contribution in [2.45, 2.75) is 25.6 Å². The fraction of sp³-hybridized carbons (Fsp3) is 0.238. The number of aliphatic carboxylic acids is 1. The zero-order valence-electron chi connectivity index (χ0n) is 17.7. The van der Waals surface area contributed by atoms with Crippen LogP contribution in [0.3, 0.4) is 0 Å². The molecule has 4 aromatic rings. The number of H-pyrrole nitrogens is 1. The van der Waals surface area contributed by atoms with Gasteiger partial charge in [0.15, 0.2) is 0 Å². The van der Waals surface area contributed by atoms with Crippen molar-refractivity contribution in [3.05, 3.63) is 58.2 Å². The molecule has 0 unspecified atom stereocenters. The number of carboxylic acid groups (broad SMARTS) is 1. The molecule has 5 N–H and O–H groups in total. The lowest BCUT2D eigenvalue weighted by Gasteiger charge is -2.13. The number of benzene rings is 2. The maximum Gasteiger partial charge on any atom is 0.490 e. The Morgan fingerprint density at radius 2 is 1.97 bits per heavy atom. The molecular formula is C21H20BrF3N6O2S. The Morgan fingerprint density at radius 1 is 1.26 bits per heavy atom. The van der Waals surface area contributed by atoms with Gasteiger partial charge in [0.2, 0.25) is 5.13 Å². The maximum atomic E-state index is 10.6. The first kappa shape index (κ1) is 25.6. The van der Waals surface area contributed by atoms with Gasteiger partial charge in [0, 0.05) is 33.7 Å². The lowest BCUT2D eigenvalue weighted by molar-refractivity contribution is -0.192. The standard InChI is InChI=1S/C19H19BrN6S.C2HF3O2/c1-11-15-9-13(6-7-17(15)24-23-11)18-25-26-19(27-18)22-10-14(21)8-12-4-2-3-5-16(12)20;3-2(4,5)1(6)7/h2-7,9,14H,8,10,21H2,1H3,(H,22,26)(H,23,24);(H,6,7)/t14-;/m0./s1. The first-order valence-electron chi connectivity index (χ1n) is 9.86. The van der Waals surface area contributed by atoms with Crippen molar-refractivity contribution in [1.29, 1.82) is 0 Å². The lowest BCUT2D eigenvalue weighted by atomic mass is 10.1. The van der Waals surface area contributed by atoms with E-state index in [0.29, 0.717) is 6.54 Å².